The Morgan fingerprint density at radius 2 is 2.21 bits per heavy atom. The number of aromatic nitrogens is 2. The summed E-state index contributed by atoms with van der Waals surface area (Å²) < 4.78 is 2.03. The van der Waals surface area contributed by atoms with E-state index < -0.39 is 0 Å². The molecule has 0 aliphatic rings. The van der Waals surface area contributed by atoms with Gasteiger partial charge in [0.2, 0.25) is 0 Å². The van der Waals surface area contributed by atoms with Crippen LogP contribution in [0.4, 0.5) is 0 Å². The average Bonchev–Trinajstić information content (AvgIpc) is 2.16. The summed E-state index contributed by atoms with van der Waals surface area (Å²) in [7, 11) is 1.67. The molecule has 0 saturated heterocycles. The summed E-state index contributed by atoms with van der Waals surface area (Å²) in [6, 6.07) is 5.08. The van der Waals surface area contributed by atoms with E-state index >= 15 is 0 Å². The molecule has 2 rings (SSSR count). The van der Waals surface area contributed by atoms with Gasteiger partial charge >= 0.3 is 93.4 Å². The number of nitrogens with zero attached hydrogens (tertiary/aromatic N) is 2. The molecule has 3 nitrogen and oxygen atoms in total. The first-order chi connectivity index (χ1) is 6.59. The molecule has 5 heteroatoms. The van der Waals surface area contributed by atoms with Crippen LogP contribution in [0.5, 0.6) is 0 Å². The zero-order chi connectivity index (χ0) is 10.3. The van der Waals surface area contributed by atoms with Gasteiger partial charge in [-0.3, -0.25) is 0 Å². The van der Waals surface area contributed by atoms with Crippen molar-refractivity contribution in [2.75, 3.05) is 0 Å². The van der Waals surface area contributed by atoms with Gasteiger partial charge in [0.1, 0.15) is 0 Å². The van der Waals surface area contributed by atoms with Crippen molar-refractivity contribution >= 4 is 43.2 Å². The Kier molecular flexibility index (Phi) is 2.35. The first-order valence-corrected chi connectivity index (χ1v) is 5.16. The maximum absolute atomic E-state index is 11.7. The Hall–Kier alpha value is -0.831. The summed E-state index contributed by atoms with van der Waals surface area (Å²) in [6.07, 6.45) is 0. The van der Waals surface area contributed by atoms with Crippen LogP contribution in [0.1, 0.15) is 0 Å². The zero-order valence-electron chi connectivity index (χ0n) is 7.32. The fourth-order valence-electron chi connectivity index (χ4n) is 1.22. The Morgan fingerprint density at radius 3 is 2.93 bits per heavy atom. The van der Waals surface area contributed by atoms with Crippen molar-refractivity contribution in [1.82, 2.24) is 9.55 Å². The molecule has 0 aliphatic carbocycles. The second kappa shape index (κ2) is 3.39. The molecule has 1 radical (unpaired) electrons. The molecular formula is C9H6ClN2OSe. The molecule has 0 atom stereocenters. The number of benzene rings is 1. The van der Waals surface area contributed by atoms with Crippen LogP contribution in [0.25, 0.3) is 10.9 Å². The predicted molar refractivity (Wildman–Crippen MR) is 57.4 cm³/mol. The van der Waals surface area contributed by atoms with Crippen LogP contribution in [-0.4, -0.2) is 25.6 Å². The van der Waals surface area contributed by atoms with Crippen LogP contribution >= 0.6 is 11.6 Å². The number of rotatable bonds is 0. The molecule has 2 aromatic rings. The monoisotopic (exact) mass is 273 g/mol. The van der Waals surface area contributed by atoms with Gasteiger partial charge in [-0.1, -0.05) is 0 Å². The third kappa shape index (κ3) is 1.46. The van der Waals surface area contributed by atoms with Crippen molar-refractivity contribution in [2.45, 2.75) is 0 Å². The van der Waals surface area contributed by atoms with Gasteiger partial charge in [0, 0.05) is 0 Å². The molecule has 1 aromatic carbocycles. The van der Waals surface area contributed by atoms with E-state index in [1.807, 2.05) is 0 Å². The van der Waals surface area contributed by atoms with Crippen molar-refractivity contribution in [3.05, 3.63) is 33.6 Å². The average molecular weight is 273 g/mol. The minimum atomic E-state index is -0.0914. The summed E-state index contributed by atoms with van der Waals surface area (Å²) in [5.41, 5.74) is 0.567. The second-order valence-corrected chi connectivity index (χ2v) is 4.12. The van der Waals surface area contributed by atoms with Crippen molar-refractivity contribution in [3.63, 3.8) is 0 Å². The maximum atomic E-state index is 11.7. The normalized spacial score (nSPS) is 10.7. The van der Waals surface area contributed by atoms with Crippen LogP contribution < -0.4 is 10.3 Å². The quantitative estimate of drug-likeness (QED) is 0.650. The fraction of sp³-hybridized carbons (Fsp3) is 0.111. The molecule has 0 spiro atoms. The third-order valence-corrected chi connectivity index (χ3v) is 3.00. The van der Waals surface area contributed by atoms with E-state index in [4.69, 9.17) is 11.6 Å². The SMILES string of the molecule is Cn1c([Se])nc2ccc(Cl)cc2c1=O. The van der Waals surface area contributed by atoms with E-state index in [0.29, 0.717) is 20.6 Å². The molecule has 0 amide bonds. The zero-order valence-corrected chi connectivity index (χ0v) is 9.79. The first kappa shape index (κ1) is 9.71. The van der Waals surface area contributed by atoms with Crippen LogP contribution in [0, 0.1) is 0 Å². The molecule has 0 aliphatic heterocycles. The van der Waals surface area contributed by atoms with E-state index in [1.165, 1.54) is 4.57 Å². The van der Waals surface area contributed by atoms with Gasteiger partial charge in [0.25, 0.3) is 0 Å². The molecule has 71 valence electrons. The molecule has 0 saturated carbocycles. The summed E-state index contributed by atoms with van der Waals surface area (Å²) in [4.78, 5) is 16.0. The van der Waals surface area contributed by atoms with E-state index in [9.17, 15) is 4.79 Å². The molecule has 14 heavy (non-hydrogen) atoms. The number of fused-ring (bicyclic) bond motifs is 1. The van der Waals surface area contributed by atoms with Gasteiger partial charge in [-0.25, -0.2) is 0 Å². The van der Waals surface area contributed by atoms with Crippen LogP contribution in [-0.2, 0) is 7.05 Å². The standard InChI is InChI=1S/C9H6ClN2OSe/c1-12-8(13)6-4-5(10)2-3-7(6)11-9(12)14/h2-4H,1H3. The van der Waals surface area contributed by atoms with E-state index in [-0.39, 0.29) is 5.56 Å². The van der Waals surface area contributed by atoms with Gasteiger partial charge in [-0.15, -0.1) is 0 Å². The summed E-state index contributed by atoms with van der Waals surface area (Å²) in [5, 5.41) is 1.09. The van der Waals surface area contributed by atoms with Gasteiger partial charge < -0.3 is 0 Å². The Balaban J connectivity index is 2.99. The van der Waals surface area contributed by atoms with E-state index in [1.54, 1.807) is 25.2 Å². The predicted octanol–water partition coefficient (Wildman–Crippen LogP) is 0.381. The minimum absolute atomic E-state index is 0.0914. The molecular weight excluding hydrogens is 267 g/mol. The van der Waals surface area contributed by atoms with Gasteiger partial charge in [0.15, 0.2) is 0 Å². The van der Waals surface area contributed by atoms with Crippen molar-refractivity contribution in [2.24, 2.45) is 7.05 Å². The van der Waals surface area contributed by atoms with Crippen molar-refractivity contribution < 1.29 is 0 Å². The topological polar surface area (TPSA) is 34.9 Å². The van der Waals surface area contributed by atoms with Crippen molar-refractivity contribution in [3.8, 4) is 0 Å². The summed E-state index contributed by atoms with van der Waals surface area (Å²) >= 11 is 8.54. The van der Waals surface area contributed by atoms with Crippen LogP contribution in [0.2, 0.25) is 5.02 Å². The second-order valence-electron chi connectivity index (χ2n) is 2.92. The first-order valence-electron chi connectivity index (χ1n) is 3.93. The van der Waals surface area contributed by atoms with E-state index in [0.717, 1.165) is 0 Å². The Morgan fingerprint density at radius 1 is 1.50 bits per heavy atom. The van der Waals surface area contributed by atoms with Crippen LogP contribution in [0.15, 0.2) is 23.0 Å². The summed E-state index contributed by atoms with van der Waals surface area (Å²) in [6.45, 7) is 0. The molecule has 0 unspecified atom stereocenters. The molecule has 1 aromatic heterocycles. The van der Waals surface area contributed by atoms with Gasteiger partial charge in [-0.05, 0) is 0 Å². The number of hydrogen-bond acceptors (Lipinski definition) is 2. The molecule has 1 heterocycles. The summed E-state index contributed by atoms with van der Waals surface area (Å²) in [5.74, 6) is 0. The molecule has 0 fully saturated rings. The van der Waals surface area contributed by atoms with Gasteiger partial charge in [0.05, 0.1) is 0 Å². The molecule has 0 bridgehead atoms. The third-order valence-electron chi connectivity index (χ3n) is 2.00. The van der Waals surface area contributed by atoms with E-state index in [2.05, 4.69) is 21.0 Å². The van der Waals surface area contributed by atoms with Gasteiger partial charge in [-0.2, -0.15) is 0 Å². The Labute approximate surface area is 93.5 Å². The van der Waals surface area contributed by atoms with Crippen LogP contribution in [0.3, 0.4) is 0 Å². The Bertz CT molecular complexity index is 564. The molecule has 0 N–H and O–H groups in total. The fourth-order valence-corrected chi connectivity index (χ4v) is 1.78. The number of hydrogen-bond donors (Lipinski definition) is 0. The van der Waals surface area contributed by atoms with Crippen molar-refractivity contribution in [1.29, 1.82) is 0 Å². The number of halogens is 1.